The fourth-order valence-corrected chi connectivity index (χ4v) is 1.93. The number of nitrogens with one attached hydrogen (secondary N) is 1. The number of hydrogen-bond donors (Lipinski definition) is 1. The van der Waals surface area contributed by atoms with E-state index in [1.54, 1.807) is 25.2 Å². The van der Waals surface area contributed by atoms with Crippen LogP contribution in [0.1, 0.15) is 11.1 Å². The summed E-state index contributed by atoms with van der Waals surface area (Å²) >= 11 is 0. The Morgan fingerprint density at radius 3 is 2.65 bits per heavy atom. The second kappa shape index (κ2) is 5.45. The number of benzene rings is 1. The minimum Gasteiger partial charge on any atom is -0.380 e. The quantitative estimate of drug-likeness (QED) is 0.884. The highest BCUT2D eigenvalue weighted by Gasteiger charge is 2.07. The van der Waals surface area contributed by atoms with Crippen LogP contribution in [0.2, 0.25) is 0 Å². The maximum atomic E-state index is 12.0. The molecule has 1 heterocycles. The lowest BCUT2D eigenvalue weighted by Gasteiger charge is -2.10. The molecular formula is C14H14N4O2. The van der Waals surface area contributed by atoms with Crippen molar-refractivity contribution in [3.05, 3.63) is 62.4 Å². The molecule has 0 saturated carbocycles. The van der Waals surface area contributed by atoms with Gasteiger partial charge in [-0.15, -0.1) is 0 Å². The maximum absolute atomic E-state index is 12.0. The molecule has 1 aromatic heterocycles. The van der Waals surface area contributed by atoms with Crippen molar-refractivity contribution in [1.82, 2.24) is 9.13 Å². The van der Waals surface area contributed by atoms with Gasteiger partial charge in [-0.25, -0.2) is 4.79 Å². The Bertz CT molecular complexity index is 796. The predicted molar refractivity (Wildman–Crippen MR) is 75.4 cm³/mol. The third kappa shape index (κ3) is 2.47. The first-order valence-electron chi connectivity index (χ1n) is 6.03. The SMILES string of the molecule is Cn1cc(CNc2ccccc2C#N)c(=O)n(C)c1=O. The molecular weight excluding hydrogens is 256 g/mol. The third-order valence-corrected chi connectivity index (χ3v) is 3.03. The van der Waals surface area contributed by atoms with E-state index in [9.17, 15) is 9.59 Å². The molecule has 1 aromatic carbocycles. The summed E-state index contributed by atoms with van der Waals surface area (Å²) in [6.45, 7) is 0.249. The Kier molecular flexibility index (Phi) is 3.71. The van der Waals surface area contributed by atoms with E-state index < -0.39 is 0 Å². The van der Waals surface area contributed by atoms with Crippen LogP contribution in [0.4, 0.5) is 5.69 Å². The smallest absolute Gasteiger partial charge is 0.330 e. The van der Waals surface area contributed by atoms with Crippen LogP contribution in [0.15, 0.2) is 40.1 Å². The third-order valence-electron chi connectivity index (χ3n) is 3.03. The molecule has 0 aliphatic heterocycles. The van der Waals surface area contributed by atoms with Crippen LogP contribution in [0.3, 0.4) is 0 Å². The van der Waals surface area contributed by atoms with Crippen LogP contribution < -0.4 is 16.6 Å². The van der Waals surface area contributed by atoms with Gasteiger partial charge < -0.3 is 9.88 Å². The first-order chi connectivity index (χ1) is 9.54. The molecule has 0 aliphatic rings. The van der Waals surface area contributed by atoms with Crippen molar-refractivity contribution < 1.29 is 0 Å². The maximum Gasteiger partial charge on any atom is 0.330 e. The van der Waals surface area contributed by atoms with Gasteiger partial charge >= 0.3 is 5.69 Å². The molecule has 0 spiro atoms. The molecule has 2 rings (SSSR count). The lowest BCUT2D eigenvalue weighted by Crippen LogP contribution is -2.38. The number of anilines is 1. The molecule has 1 N–H and O–H groups in total. The topological polar surface area (TPSA) is 79.8 Å². The van der Waals surface area contributed by atoms with Gasteiger partial charge in [0.15, 0.2) is 0 Å². The Balaban J connectivity index is 2.31. The monoisotopic (exact) mass is 270 g/mol. The van der Waals surface area contributed by atoms with Crippen LogP contribution in [0.5, 0.6) is 0 Å². The van der Waals surface area contributed by atoms with E-state index >= 15 is 0 Å². The molecule has 0 bridgehead atoms. The Labute approximate surface area is 115 Å². The summed E-state index contributed by atoms with van der Waals surface area (Å²) in [4.78, 5) is 23.5. The van der Waals surface area contributed by atoms with Crippen molar-refractivity contribution in [3.8, 4) is 6.07 Å². The van der Waals surface area contributed by atoms with Gasteiger partial charge in [0, 0.05) is 26.8 Å². The number of aromatic nitrogens is 2. The standard InChI is InChI=1S/C14H14N4O2/c1-17-9-11(13(19)18(2)14(17)20)8-16-12-6-4-3-5-10(12)7-15/h3-6,9,16H,8H2,1-2H3. The lowest BCUT2D eigenvalue weighted by atomic mass is 10.2. The molecule has 0 saturated heterocycles. The molecule has 2 aromatic rings. The van der Waals surface area contributed by atoms with E-state index in [4.69, 9.17) is 5.26 Å². The van der Waals surface area contributed by atoms with E-state index in [-0.39, 0.29) is 17.8 Å². The number of hydrogen-bond acceptors (Lipinski definition) is 4. The second-order valence-electron chi connectivity index (χ2n) is 4.42. The van der Waals surface area contributed by atoms with Crippen LogP contribution in [-0.2, 0) is 20.6 Å². The molecule has 0 radical (unpaired) electrons. The van der Waals surface area contributed by atoms with Gasteiger partial charge in [0.05, 0.1) is 16.8 Å². The van der Waals surface area contributed by atoms with Gasteiger partial charge in [-0.05, 0) is 12.1 Å². The van der Waals surface area contributed by atoms with Gasteiger partial charge in [-0.1, -0.05) is 12.1 Å². The van der Waals surface area contributed by atoms with Gasteiger partial charge in [-0.3, -0.25) is 9.36 Å². The first-order valence-corrected chi connectivity index (χ1v) is 6.03. The van der Waals surface area contributed by atoms with E-state index in [0.717, 1.165) is 4.57 Å². The van der Waals surface area contributed by atoms with Crippen molar-refractivity contribution in [3.63, 3.8) is 0 Å². The minimum atomic E-state index is -0.365. The molecule has 0 unspecified atom stereocenters. The molecule has 0 aliphatic carbocycles. The number of nitrogens with zero attached hydrogens (tertiary/aromatic N) is 3. The van der Waals surface area contributed by atoms with Crippen LogP contribution >= 0.6 is 0 Å². The summed E-state index contributed by atoms with van der Waals surface area (Å²) in [5.41, 5.74) is 0.925. The van der Waals surface area contributed by atoms with Gasteiger partial charge in [-0.2, -0.15) is 5.26 Å². The molecule has 0 amide bonds. The number of nitriles is 1. The average Bonchev–Trinajstić information content (AvgIpc) is 2.47. The highest BCUT2D eigenvalue weighted by molar-refractivity contribution is 5.57. The van der Waals surface area contributed by atoms with Crippen molar-refractivity contribution >= 4 is 5.69 Å². The summed E-state index contributed by atoms with van der Waals surface area (Å²) in [5.74, 6) is 0. The summed E-state index contributed by atoms with van der Waals surface area (Å²) < 4.78 is 2.42. The van der Waals surface area contributed by atoms with Crippen LogP contribution in [0, 0.1) is 11.3 Å². The summed E-state index contributed by atoms with van der Waals surface area (Å²) in [6.07, 6.45) is 1.51. The van der Waals surface area contributed by atoms with E-state index in [1.165, 1.54) is 17.8 Å². The summed E-state index contributed by atoms with van der Waals surface area (Å²) in [7, 11) is 3.03. The molecule has 0 fully saturated rings. The zero-order valence-electron chi connectivity index (χ0n) is 11.3. The van der Waals surface area contributed by atoms with Crippen molar-refractivity contribution in [2.24, 2.45) is 14.1 Å². The van der Waals surface area contributed by atoms with E-state index in [0.29, 0.717) is 16.8 Å². The van der Waals surface area contributed by atoms with E-state index in [1.807, 2.05) is 6.07 Å². The van der Waals surface area contributed by atoms with Gasteiger partial charge in [0.1, 0.15) is 6.07 Å². The fraction of sp³-hybridized carbons (Fsp3) is 0.214. The number of rotatable bonds is 3. The van der Waals surface area contributed by atoms with Crippen molar-refractivity contribution in [2.75, 3.05) is 5.32 Å². The number of aryl methyl sites for hydroxylation is 1. The Hall–Kier alpha value is -2.81. The molecule has 6 heteroatoms. The molecule has 6 nitrogen and oxygen atoms in total. The number of para-hydroxylation sites is 1. The predicted octanol–water partition coefficient (Wildman–Crippen LogP) is 0.568. The van der Waals surface area contributed by atoms with Gasteiger partial charge in [0.2, 0.25) is 0 Å². The zero-order chi connectivity index (χ0) is 14.7. The van der Waals surface area contributed by atoms with Crippen LogP contribution in [-0.4, -0.2) is 9.13 Å². The van der Waals surface area contributed by atoms with E-state index in [2.05, 4.69) is 11.4 Å². The van der Waals surface area contributed by atoms with Gasteiger partial charge in [0.25, 0.3) is 5.56 Å². The van der Waals surface area contributed by atoms with Crippen molar-refractivity contribution in [1.29, 1.82) is 5.26 Å². The largest absolute Gasteiger partial charge is 0.380 e. The molecule has 102 valence electrons. The average molecular weight is 270 g/mol. The molecule has 0 atom stereocenters. The molecule has 20 heavy (non-hydrogen) atoms. The zero-order valence-corrected chi connectivity index (χ0v) is 11.3. The second-order valence-corrected chi connectivity index (χ2v) is 4.42. The van der Waals surface area contributed by atoms with Crippen molar-refractivity contribution in [2.45, 2.75) is 6.54 Å². The summed E-state index contributed by atoms with van der Waals surface area (Å²) in [6, 6.07) is 9.12. The fourth-order valence-electron chi connectivity index (χ4n) is 1.93. The highest BCUT2D eigenvalue weighted by Crippen LogP contribution is 2.13. The lowest BCUT2D eigenvalue weighted by molar-refractivity contribution is 0.671. The summed E-state index contributed by atoms with van der Waals surface area (Å²) in [5, 5.41) is 12.0. The highest BCUT2D eigenvalue weighted by atomic mass is 16.2. The normalized spacial score (nSPS) is 10.1. The Morgan fingerprint density at radius 1 is 1.25 bits per heavy atom. The first kappa shape index (κ1) is 13.6. The minimum absolute atomic E-state index is 0.249. The Morgan fingerprint density at radius 2 is 1.95 bits per heavy atom. The van der Waals surface area contributed by atoms with Crippen LogP contribution in [0.25, 0.3) is 0 Å².